The van der Waals surface area contributed by atoms with Gasteiger partial charge in [0.05, 0.1) is 17.1 Å². The van der Waals surface area contributed by atoms with E-state index in [1.165, 1.54) is 12.1 Å². The number of primary sulfonamides is 1. The minimum atomic E-state index is -3.71. The van der Waals surface area contributed by atoms with Gasteiger partial charge in [0.2, 0.25) is 10.0 Å². The van der Waals surface area contributed by atoms with E-state index in [1.807, 2.05) is 42.8 Å². The molecule has 0 bridgehead atoms. The average molecular weight is 416 g/mol. The van der Waals surface area contributed by atoms with Crippen LogP contribution in [0.15, 0.2) is 59.5 Å². The molecule has 0 amide bonds. The van der Waals surface area contributed by atoms with Crippen LogP contribution in [0.2, 0.25) is 0 Å². The van der Waals surface area contributed by atoms with E-state index in [-0.39, 0.29) is 4.90 Å². The van der Waals surface area contributed by atoms with Crippen LogP contribution < -0.4 is 15.8 Å². The lowest BCUT2D eigenvalue weighted by atomic mass is 10.2. The number of benzene rings is 2. The molecule has 0 radical (unpaired) electrons. The van der Waals surface area contributed by atoms with Gasteiger partial charge >= 0.3 is 0 Å². The number of nitrogens with one attached hydrogen (secondary N) is 2. The molecule has 0 saturated heterocycles. The maximum absolute atomic E-state index is 11.3. The number of aromatic nitrogens is 2. The zero-order chi connectivity index (χ0) is 20.3. The van der Waals surface area contributed by atoms with Gasteiger partial charge in [-0.2, -0.15) is 5.10 Å². The Morgan fingerprint density at radius 1 is 1.04 bits per heavy atom. The van der Waals surface area contributed by atoms with Gasteiger partial charge in [0.25, 0.3) is 0 Å². The summed E-state index contributed by atoms with van der Waals surface area (Å²) in [5.74, 6) is 0. The van der Waals surface area contributed by atoms with E-state index in [2.05, 4.69) is 21.8 Å². The van der Waals surface area contributed by atoms with E-state index in [0.29, 0.717) is 17.3 Å². The van der Waals surface area contributed by atoms with E-state index in [4.69, 9.17) is 17.4 Å². The summed E-state index contributed by atoms with van der Waals surface area (Å²) in [4.78, 5) is 0.0510. The molecule has 0 aliphatic carbocycles. The summed E-state index contributed by atoms with van der Waals surface area (Å²) >= 11 is 5.30. The Kier molecular flexibility index (Phi) is 5.78. The van der Waals surface area contributed by atoms with E-state index < -0.39 is 10.0 Å². The number of anilines is 2. The molecule has 0 aliphatic rings. The van der Waals surface area contributed by atoms with Crippen LogP contribution in [0.4, 0.5) is 11.4 Å². The Morgan fingerprint density at radius 2 is 1.57 bits per heavy atom. The Labute approximate surface area is 169 Å². The highest BCUT2D eigenvalue weighted by Gasteiger charge is 2.07. The highest BCUT2D eigenvalue weighted by molar-refractivity contribution is 7.89. The molecule has 0 unspecified atom stereocenters. The van der Waals surface area contributed by atoms with Gasteiger partial charge in [0.1, 0.15) is 0 Å². The smallest absolute Gasteiger partial charge is 0.238 e. The molecule has 9 heteroatoms. The summed E-state index contributed by atoms with van der Waals surface area (Å²) in [5.41, 5.74) is 4.76. The fourth-order valence-corrected chi connectivity index (χ4v) is 3.47. The topological polar surface area (TPSA) is 102 Å². The third kappa shape index (κ3) is 5.16. The molecule has 0 saturated carbocycles. The zero-order valence-corrected chi connectivity index (χ0v) is 17.1. The van der Waals surface area contributed by atoms with Crippen molar-refractivity contribution in [2.45, 2.75) is 25.3 Å². The van der Waals surface area contributed by atoms with Crippen molar-refractivity contribution in [1.82, 2.24) is 9.78 Å². The second-order valence-electron chi connectivity index (χ2n) is 6.43. The lowest BCUT2D eigenvalue weighted by molar-refractivity contribution is 0.598. The number of nitrogens with two attached hydrogens (primary N) is 1. The second-order valence-corrected chi connectivity index (χ2v) is 8.40. The summed E-state index contributed by atoms with van der Waals surface area (Å²) in [6.45, 7) is 4.72. The number of nitrogens with zero attached hydrogens (tertiary/aromatic N) is 2. The van der Waals surface area contributed by atoms with Gasteiger partial charge in [-0.3, -0.25) is 4.68 Å². The predicted octanol–water partition coefficient (Wildman–Crippen LogP) is 3.00. The van der Waals surface area contributed by atoms with Crippen LogP contribution in [-0.4, -0.2) is 23.3 Å². The molecule has 3 rings (SSSR count). The van der Waals surface area contributed by atoms with Crippen LogP contribution in [0.3, 0.4) is 0 Å². The van der Waals surface area contributed by atoms with Crippen molar-refractivity contribution in [3.8, 4) is 0 Å². The lowest BCUT2D eigenvalue weighted by Crippen LogP contribution is -2.19. The van der Waals surface area contributed by atoms with E-state index in [1.54, 1.807) is 12.1 Å². The van der Waals surface area contributed by atoms with E-state index in [9.17, 15) is 8.42 Å². The molecule has 0 atom stereocenters. The largest absolute Gasteiger partial charge is 0.332 e. The number of hydrogen-bond donors (Lipinski definition) is 3. The molecule has 2 aromatic carbocycles. The minimum Gasteiger partial charge on any atom is -0.332 e. The lowest BCUT2D eigenvalue weighted by Gasteiger charge is -2.12. The second kappa shape index (κ2) is 8.09. The number of rotatable bonds is 5. The van der Waals surface area contributed by atoms with Crippen LogP contribution in [-0.2, 0) is 16.6 Å². The first-order chi connectivity index (χ1) is 13.2. The number of aryl methyl sites for hydroxylation is 2. The van der Waals surface area contributed by atoms with E-state index in [0.717, 1.165) is 22.6 Å². The van der Waals surface area contributed by atoms with Crippen molar-refractivity contribution < 1.29 is 8.42 Å². The molecule has 1 heterocycles. The summed E-state index contributed by atoms with van der Waals surface area (Å²) in [7, 11) is -3.71. The van der Waals surface area contributed by atoms with Crippen LogP contribution in [0, 0.1) is 13.8 Å². The fraction of sp³-hybridized carbons (Fsp3) is 0.158. The van der Waals surface area contributed by atoms with Gasteiger partial charge in [0.15, 0.2) is 5.11 Å². The molecular weight excluding hydrogens is 394 g/mol. The van der Waals surface area contributed by atoms with Crippen molar-refractivity contribution >= 4 is 38.7 Å². The maximum Gasteiger partial charge on any atom is 0.238 e. The molecule has 0 spiro atoms. The molecule has 28 heavy (non-hydrogen) atoms. The Hall–Kier alpha value is -2.75. The highest BCUT2D eigenvalue weighted by Crippen LogP contribution is 2.15. The predicted molar refractivity (Wildman–Crippen MR) is 115 cm³/mol. The first-order valence-corrected chi connectivity index (χ1v) is 10.5. The molecular formula is C19H21N5O2S2. The fourth-order valence-electron chi connectivity index (χ4n) is 2.72. The maximum atomic E-state index is 11.3. The van der Waals surface area contributed by atoms with Gasteiger partial charge in [-0.1, -0.05) is 12.1 Å². The molecule has 0 aliphatic heterocycles. The van der Waals surface area contributed by atoms with Crippen molar-refractivity contribution in [3.05, 3.63) is 71.5 Å². The van der Waals surface area contributed by atoms with E-state index >= 15 is 0 Å². The molecule has 4 N–H and O–H groups in total. The standard InChI is InChI=1S/C19H21N5O2S2/c1-13-11-14(2)24(23-13)12-15-3-5-16(6-4-15)21-19(27)22-17-7-9-18(10-8-17)28(20,25)26/h3-11H,12H2,1-2H3,(H2,20,25,26)(H2,21,22,27). The summed E-state index contributed by atoms with van der Waals surface area (Å²) < 4.78 is 24.5. The van der Waals surface area contributed by atoms with Crippen molar-refractivity contribution in [3.63, 3.8) is 0 Å². The van der Waals surface area contributed by atoms with Crippen molar-refractivity contribution in [2.75, 3.05) is 10.6 Å². The van der Waals surface area contributed by atoms with Gasteiger partial charge in [-0.15, -0.1) is 0 Å². The summed E-state index contributed by atoms with van der Waals surface area (Å²) in [5, 5.41) is 16.1. The van der Waals surface area contributed by atoms with Crippen molar-refractivity contribution in [2.24, 2.45) is 5.14 Å². The Morgan fingerprint density at radius 3 is 2.04 bits per heavy atom. The minimum absolute atomic E-state index is 0.0510. The SMILES string of the molecule is Cc1cc(C)n(Cc2ccc(NC(=S)Nc3ccc(S(N)(=O)=O)cc3)cc2)n1. The molecule has 7 nitrogen and oxygen atoms in total. The average Bonchev–Trinajstić information content (AvgIpc) is 2.93. The Balaban J connectivity index is 1.59. The van der Waals surface area contributed by atoms with Gasteiger partial charge in [-0.05, 0) is 74.1 Å². The summed E-state index contributed by atoms with van der Waals surface area (Å²) in [6.07, 6.45) is 0. The quantitative estimate of drug-likeness (QED) is 0.554. The van der Waals surface area contributed by atoms with Gasteiger partial charge in [0, 0.05) is 17.1 Å². The van der Waals surface area contributed by atoms with Crippen LogP contribution in [0.1, 0.15) is 17.0 Å². The van der Waals surface area contributed by atoms with Gasteiger partial charge < -0.3 is 10.6 Å². The third-order valence-electron chi connectivity index (χ3n) is 4.09. The van der Waals surface area contributed by atoms with Crippen LogP contribution in [0.5, 0.6) is 0 Å². The first-order valence-electron chi connectivity index (χ1n) is 8.51. The number of hydrogen-bond acceptors (Lipinski definition) is 4. The van der Waals surface area contributed by atoms with Gasteiger partial charge in [-0.25, -0.2) is 13.6 Å². The van der Waals surface area contributed by atoms with Crippen LogP contribution >= 0.6 is 12.2 Å². The van der Waals surface area contributed by atoms with Crippen LogP contribution in [0.25, 0.3) is 0 Å². The molecule has 146 valence electrons. The highest BCUT2D eigenvalue weighted by atomic mass is 32.2. The zero-order valence-electron chi connectivity index (χ0n) is 15.5. The summed E-state index contributed by atoms with van der Waals surface area (Å²) in [6, 6.07) is 16.0. The Bertz CT molecular complexity index is 1090. The third-order valence-corrected chi connectivity index (χ3v) is 5.22. The molecule has 3 aromatic rings. The first kappa shape index (κ1) is 20.0. The number of sulfonamides is 1. The normalized spacial score (nSPS) is 11.2. The molecule has 1 aromatic heterocycles. The molecule has 0 fully saturated rings. The monoisotopic (exact) mass is 415 g/mol. The van der Waals surface area contributed by atoms with Crippen molar-refractivity contribution in [1.29, 1.82) is 0 Å². The number of thiocarbonyl (C=S) groups is 1.